The second kappa shape index (κ2) is 13.7. The van der Waals surface area contributed by atoms with Gasteiger partial charge in [0.1, 0.15) is 12.6 Å². The van der Waals surface area contributed by atoms with Crippen LogP contribution < -0.4 is 9.62 Å². The van der Waals surface area contributed by atoms with Crippen LogP contribution in [0.3, 0.4) is 0 Å². The number of nitrogens with one attached hydrogen (secondary N) is 1. The van der Waals surface area contributed by atoms with Crippen LogP contribution in [-0.2, 0) is 26.2 Å². The predicted molar refractivity (Wildman–Crippen MR) is 162 cm³/mol. The SMILES string of the molecule is CCNC(=O)[C@H](CC)N(Cc1c(Cl)cccc1Cl)C(=O)CN(c1ccc(C)c(Cl)c1)S(=O)(=O)c1ccc(C)cc1. The number of nitrogens with zero attached hydrogens (tertiary/aromatic N) is 2. The summed E-state index contributed by atoms with van der Waals surface area (Å²) < 4.78 is 28.9. The maximum absolute atomic E-state index is 14.1. The summed E-state index contributed by atoms with van der Waals surface area (Å²) in [6, 6.07) is 15.2. The second-order valence-corrected chi connectivity index (χ2v) is 12.4. The number of amides is 2. The zero-order chi connectivity index (χ0) is 29.6. The number of hydrogen-bond donors (Lipinski definition) is 1. The summed E-state index contributed by atoms with van der Waals surface area (Å²) in [6.45, 7) is 6.87. The molecule has 0 aliphatic rings. The van der Waals surface area contributed by atoms with E-state index in [0.29, 0.717) is 27.2 Å². The zero-order valence-electron chi connectivity index (χ0n) is 22.7. The molecule has 0 aliphatic carbocycles. The summed E-state index contributed by atoms with van der Waals surface area (Å²) in [5.74, 6) is -0.977. The summed E-state index contributed by atoms with van der Waals surface area (Å²) in [7, 11) is -4.21. The first-order valence-corrected chi connectivity index (χ1v) is 15.3. The molecule has 0 radical (unpaired) electrons. The Labute approximate surface area is 251 Å². The quantitative estimate of drug-likeness (QED) is 0.267. The van der Waals surface area contributed by atoms with E-state index >= 15 is 0 Å². The summed E-state index contributed by atoms with van der Waals surface area (Å²) in [6.07, 6.45) is 0.278. The standard InChI is InChI=1S/C29H32Cl3N3O4S/c1-5-27(29(37)33-6-2)34(17-23-24(30)8-7-9-25(23)31)28(36)18-35(21-13-12-20(4)26(32)16-21)40(38,39)22-14-10-19(3)11-15-22/h7-16,27H,5-6,17-18H2,1-4H3,(H,33,37)/t27-/m0/s1. The van der Waals surface area contributed by atoms with Crippen molar-refractivity contribution in [3.8, 4) is 0 Å². The highest BCUT2D eigenvalue weighted by Crippen LogP contribution is 2.30. The molecule has 3 rings (SSSR count). The lowest BCUT2D eigenvalue weighted by molar-refractivity contribution is -0.140. The van der Waals surface area contributed by atoms with Gasteiger partial charge in [-0.25, -0.2) is 8.42 Å². The van der Waals surface area contributed by atoms with Gasteiger partial charge in [0.05, 0.1) is 10.6 Å². The Morgan fingerprint density at radius 1 is 0.900 bits per heavy atom. The molecule has 0 saturated heterocycles. The van der Waals surface area contributed by atoms with Gasteiger partial charge in [-0.05, 0) is 69.2 Å². The van der Waals surface area contributed by atoms with Crippen molar-refractivity contribution >= 4 is 62.3 Å². The molecule has 0 spiro atoms. The lowest BCUT2D eigenvalue weighted by atomic mass is 10.1. The normalized spacial score (nSPS) is 12.1. The number of likely N-dealkylation sites (N-methyl/N-ethyl adjacent to an activating group) is 1. The van der Waals surface area contributed by atoms with Gasteiger partial charge in [-0.15, -0.1) is 0 Å². The Hall–Kier alpha value is -2.78. The van der Waals surface area contributed by atoms with Crippen LogP contribution in [0.1, 0.15) is 37.0 Å². The molecular formula is C29H32Cl3N3O4S. The van der Waals surface area contributed by atoms with E-state index in [-0.39, 0.29) is 29.5 Å². The van der Waals surface area contributed by atoms with Gasteiger partial charge in [0.15, 0.2) is 0 Å². The van der Waals surface area contributed by atoms with E-state index in [4.69, 9.17) is 34.8 Å². The van der Waals surface area contributed by atoms with E-state index in [1.807, 2.05) is 6.92 Å². The average Bonchev–Trinajstić information content (AvgIpc) is 2.90. The third-order valence-electron chi connectivity index (χ3n) is 6.46. The summed E-state index contributed by atoms with van der Waals surface area (Å²) >= 11 is 19.2. The molecule has 3 aromatic rings. The minimum Gasteiger partial charge on any atom is -0.355 e. The molecule has 3 aromatic carbocycles. The number of aryl methyl sites for hydroxylation is 2. The first-order valence-electron chi connectivity index (χ1n) is 12.8. The van der Waals surface area contributed by atoms with Gasteiger partial charge in [0.2, 0.25) is 11.8 Å². The number of sulfonamides is 1. The average molecular weight is 625 g/mol. The number of hydrogen-bond acceptors (Lipinski definition) is 4. The Morgan fingerprint density at radius 3 is 2.08 bits per heavy atom. The van der Waals surface area contributed by atoms with Crippen LogP contribution in [0.15, 0.2) is 65.6 Å². The van der Waals surface area contributed by atoms with Crippen molar-refractivity contribution in [1.82, 2.24) is 10.2 Å². The Bertz CT molecular complexity index is 1460. The van der Waals surface area contributed by atoms with Gasteiger partial charge in [-0.3, -0.25) is 13.9 Å². The van der Waals surface area contributed by atoms with Crippen molar-refractivity contribution in [1.29, 1.82) is 0 Å². The highest BCUT2D eigenvalue weighted by atomic mass is 35.5. The van der Waals surface area contributed by atoms with Crippen molar-refractivity contribution in [2.24, 2.45) is 0 Å². The first-order chi connectivity index (χ1) is 18.9. The molecule has 0 unspecified atom stereocenters. The van der Waals surface area contributed by atoms with Gasteiger partial charge in [-0.2, -0.15) is 0 Å². The van der Waals surface area contributed by atoms with E-state index in [2.05, 4.69) is 5.32 Å². The molecule has 0 heterocycles. The number of halogens is 3. The largest absolute Gasteiger partial charge is 0.355 e. The first kappa shape index (κ1) is 31.7. The van der Waals surface area contributed by atoms with Crippen molar-refractivity contribution in [3.05, 3.63) is 92.4 Å². The Morgan fingerprint density at radius 2 is 1.52 bits per heavy atom. The van der Waals surface area contributed by atoms with Crippen LogP contribution >= 0.6 is 34.8 Å². The molecule has 0 aliphatic heterocycles. The topological polar surface area (TPSA) is 86.8 Å². The molecule has 0 bridgehead atoms. The number of carbonyl (C=O) groups excluding carboxylic acids is 2. The Kier molecular flexibility index (Phi) is 10.9. The number of carbonyl (C=O) groups is 2. The number of benzene rings is 3. The highest BCUT2D eigenvalue weighted by Gasteiger charge is 2.34. The minimum absolute atomic E-state index is 0.0130. The van der Waals surface area contributed by atoms with E-state index in [9.17, 15) is 18.0 Å². The van der Waals surface area contributed by atoms with Crippen LogP contribution in [0.4, 0.5) is 5.69 Å². The molecule has 0 saturated carbocycles. The van der Waals surface area contributed by atoms with Gasteiger partial charge >= 0.3 is 0 Å². The van der Waals surface area contributed by atoms with Crippen molar-refractivity contribution in [3.63, 3.8) is 0 Å². The van der Waals surface area contributed by atoms with Crippen LogP contribution in [0.5, 0.6) is 0 Å². The van der Waals surface area contributed by atoms with Crippen molar-refractivity contribution in [2.75, 3.05) is 17.4 Å². The molecular weight excluding hydrogens is 593 g/mol. The third kappa shape index (κ3) is 7.29. The van der Waals surface area contributed by atoms with Crippen LogP contribution in [-0.4, -0.2) is 44.3 Å². The number of rotatable bonds is 11. The molecule has 0 aromatic heterocycles. The highest BCUT2D eigenvalue weighted by molar-refractivity contribution is 7.92. The lowest BCUT2D eigenvalue weighted by Gasteiger charge is -2.33. The van der Waals surface area contributed by atoms with Crippen LogP contribution in [0.2, 0.25) is 15.1 Å². The van der Waals surface area contributed by atoms with Gasteiger partial charge in [-0.1, -0.05) is 71.6 Å². The maximum Gasteiger partial charge on any atom is 0.264 e. The van der Waals surface area contributed by atoms with Gasteiger partial charge < -0.3 is 10.2 Å². The molecule has 40 heavy (non-hydrogen) atoms. The van der Waals surface area contributed by atoms with Gasteiger partial charge in [0, 0.05) is 33.7 Å². The van der Waals surface area contributed by atoms with E-state index in [0.717, 1.165) is 15.4 Å². The molecule has 1 atom stereocenters. The van der Waals surface area contributed by atoms with E-state index in [1.54, 1.807) is 63.2 Å². The van der Waals surface area contributed by atoms with E-state index < -0.39 is 28.5 Å². The third-order valence-corrected chi connectivity index (χ3v) is 9.36. The monoisotopic (exact) mass is 623 g/mol. The molecule has 11 heteroatoms. The summed E-state index contributed by atoms with van der Waals surface area (Å²) in [4.78, 5) is 28.5. The maximum atomic E-state index is 14.1. The fourth-order valence-corrected chi connectivity index (χ4v) is 6.27. The fraction of sp³-hybridized carbons (Fsp3) is 0.310. The second-order valence-electron chi connectivity index (χ2n) is 9.30. The predicted octanol–water partition coefficient (Wildman–Crippen LogP) is 6.40. The molecule has 214 valence electrons. The van der Waals surface area contributed by atoms with Gasteiger partial charge in [0.25, 0.3) is 10.0 Å². The summed E-state index contributed by atoms with van der Waals surface area (Å²) in [5, 5.41) is 3.76. The molecule has 2 amide bonds. The Balaban J connectivity index is 2.12. The molecule has 0 fully saturated rings. The zero-order valence-corrected chi connectivity index (χ0v) is 25.8. The molecule has 7 nitrogen and oxygen atoms in total. The molecule has 1 N–H and O–H groups in total. The van der Waals surface area contributed by atoms with Crippen molar-refractivity contribution < 1.29 is 18.0 Å². The van der Waals surface area contributed by atoms with Crippen LogP contribution in [0.25, 0.3) is 0 Å². The smallest absolute Gasteiger partial charge is 0.264 e. The van der Waals surface area contributed by atoms with Crippen LogP contribution in [0, 0.1) is 13.8 Å². The summed E-state index contributed by atoms with van der Waals surface area (Å²) in [5.41, 5.74) is 2.30. The van der Waals surface area contributed by atoms with Crippen molar-refractivity contribution in [2.45, 2.75) is 51.6 Å². The fourth-order valence-electron chi connectivity index (χ4n) is 4.17. The minimum atomic E-state index is -4.21. The lowest BCUT2D eigenvalue weighted by Crippen LogP contribution is -2.52. The number of anilines is 1. The van der Waals surface area contributed by atoms with E-state index in [1.165, 1.54) is 23.1 Å².